The summed E-state index contributed by atoms with van der Waals surface area (Å²) < 4.78 is 2.01. The van der Waals surface area contributed by atoms with Crippen molar-refractivity contribution < 1.29 is 4.79 Å². The molecule has 0 saturated heterocycles. The van der Waals surface area contributed by atoms with Gasteiger partial charge in [-0.2, -0.15) is 5.10 Å². The Morgan fingerprint density at radius 1 is 1.03 bits per heavy atom. The van der Waals surface area contributed by atoms with Gasteiger partial charge in [-0.05, 0) is 43.5 Å². The predicted molar refractivity (Wildman–Crippen MR) is 126 cm³/mol. The molecule has 0 saturated carbocycles. The van der Waals surface area contributed by atoms with E-state index in [2.05, 4.69) is 67.6 Å². The van der Waals surface area contributed by atoms with Crippen LogP contribution in [0.1, 0.15) is 53.4 Å². The molecule has 5 heteroatoms. The third-order valence-corrected chi connectivity index (χ3v) is 5.68. The highest BCUT2D eigenvalue weighted by molar-refractivity contribution is 5.78. The maximum Gasteiger partial charge on any atom is 0.234 e. The normalized spacial score (nSPS) is 11.3. The highest BCUT2D eigenvalue weighted by atomic mass is 16.2. The number of aryl methyl sites for hydroxylation is 1. The van der Waals surface area contributed by atoms with Crippen LogP contribution in [0.5, 0.6) is 0 Å². The van der Waals surface area contributed by atoms with Crippen molar-refractivity contribution in [3.8, 4) is 0 Å². The van der Waals surface area contributed by atoms with Crippen LogP contribution in [-0.2, 0) is 24.4 Å². The third-order valence-electron chi connectivity index (χ3n) is 5.68. The average molecular weight is 419 g/mol. The number of nitrogens with one attached hydrogen (secondary N) is 1. The van der Waals surface area contributed by atoms with E-state index in [9.17, 15) is 4.79 Å². The number of nitrogens with zero attached hydrogens (tertiary/aromatic N) is 3. The van der Waals surface area contributed by atoms with E-state index >= 15 is 0 Å². The third kappa shape index (κ3) is 6.28. The summed E-state index contributed by atoms with van der Waals surface area (Å²) in [5, 5.41) is 7.74. The summed E-state index contributed by atoms with van der Waals surface area (Å²) in [6.07, 6.45) is 0. The summed E-state index contributed by atoms with van der Waals surface area (Å²) in [5.41, 5.74) is 6.92. The molecular weight excluding hydrogens is 384 g/mol. The number of amides is 1. The van der Waals surface area contributed by atoms with E-state index in [0.29, 0.717) is 19.0 Å². The smallest absolute Gasteiger partial charge is 0.234 e. The molecule has 3 aromatic rings. The van der Waals surface area contributed by atoms with Gasteiger partial charge in [0.05, 0.1) is 18.8 Å². The quantitative estimate of drug-likeness (QED) is 0.560. The van der Waals surface area contributed by atoms with Gasteiger partial charge in [-0.25, -0.2) is 0 Å². The average Bonchev–Trinajstić information content (AvgIpc) is 3.00. The van der Waals surface area contributed by atoms with Crippen molar-refractivity contribution in [3.63, 3.8) is 0 Å². The van der Waals surface area contributed by atoms with Crippen LogP contribution in [0.25, 0.3) is 0 Å². The first kappa shape index (κ1) is 22.8. The molecule has 5 nitrogen and oxygen atoms in total. The fraction of sp³-hybridized carbons (Fsp3) is 0.385. The molecule has 0 spiro atoms. The first-order chi connectivity index (χ1) is 14.8. The monoisotopic (exact) mass is 418 g/mol. The molecule has 164 valence electrons. The van der Waals surface area contributed by atoms with E-state index in [4.69, 9.17) is 0 Å². The van der Waals surface area contributed by atoms with Crippen LogP contribution in [0.2, 0.25) is 0 Å². The van der Waals surface area contributed by atoms with E-state index in [1.807, 2.05) is 41.8 Å². The number of carbonyl (C=O) groups is 1. The molecule has 1 heterocycles. The van der Waals surface area contributed by atoms with Gasteiger partial charge in [0.2, 0.25) is 5.91 Å². The molecule has 0 fully saturated rings. The molecule has 0 aliphatic carbocycles. The molecule has 2 aromatic carbocycles. The molecule has 1 N–H and O–H groups in total. The van der Waals surface area contributed by atoms with Gasteiger partial charge < -0.3 is 5.32 Å². The van der Waals surface area contributed by atoms with Gasteiger partial charge in [-0.1, -0.05) is 68.4 Å². The Morgan fingerprint density at radius 2 is 1.71 bits per heavy atom. The zero-order valence-electron chi connectivity index (χ0n) is 19.4. The van der Waals surface area contributed by atoms with E-state index in [0.717, 1.165) is 30.0 Å². The van der Waals surface area contributed by atoms with Crippen LogP contribution in [0.3, 0.4) is 0 Å². The van der Waals surface area contributed by atoms with E-state index < -0.39 is 0 Å². The summed E-state index contributed by atoms with van der Waals surface area (Å²) in [7, 11) is 1.98. The van der Waals surface area contributed by atoms with Crippen molar-refractivity contribution in [2.75, 3.05) is 13.6 Å². The summed E-state index contributed by atoms with van der Waals surface area (Å²) in [5.74, 6) is 0.553. The second kappa shape index (κ2) is 10.4. The lowest BCUT2D eigenvalue weighted by molar-refractivity contribution is -0.122. The highest BCUT2D eigenvalue weighted by Gasteiger charge is 2.14. The van der Waals surface area contributed by atoms with Crippen molar-refractivity contribution in [2.45, 2.75) is 53.2 Å². The lowest BCUT2D eigenvalue weighted by Crippen LogP contribution is -2.34. The van der Waals surface area contributed by atoms with Gasteiger partial charge in [0, 0.05) is 24.3 Å². The number of benzene rings is 2. The highest BCUT2D eigenvalue weighted by Crippen LogP contribution is 2.16. The van der Waals surface area contributed by atoms with Gasteiger partial charge in [0.25, 0.3) is 0 Å². The summed E-state index contributed by atoms with van der Waals surface area (Å²) in [6, 6.07) is 18.9. The van der Waals surface area contributed by atoms with E-state index in [-0.39, 0.29) is 5.91 Å². The number of aromatic nitrogens is 2. The fourth-order valence-electron chi connectivity index (χ4n) is 3.76. The minimum absolute atomic E-state index is 0.0240. The number of likely N-dealkylation sites (N-methyl/N-ethyl adjacent to an activating group) is 1. The first-order valence-electron chi connectivity index (χ1n) is 10.9. The van der Waals surface area contributed by atoms with Crippen LogP contribution < -0.4 is 5.32 Å². The van der Waals surface area contributed by atoms with Crippen molar-refractivity contribution in [2.24, 2.45) is 0 Å². The van der Waals surface area contributed by atoms with Crippen molar-refractivity contribution in [1.82, 2.24) is 20.0 Å². The van der Waals surface area contributed by atoms with Gasteiger partial charge in [-0.3, -0.25) is 14.4 Å². The lowest BCUT2D eigenvalue weighted by atomic mass is 10.0. The molecule has 0 bridgehead atoms. The standard InChI is InChI=1S/C26H34N4O/c1-19(2)24-13-11-23(12-14-24)16-29(5)18-26(31)27-15-25-20(3)28-30(21(25)4)17-22-9-7-6-8-10-22/h6-14,19H,15-18H2,1-5H3,(H,27,31). The van der Waals surface area contributed by atoms with Crippen molar-refractivity contribution >= 4 is 5.91 Å². The maximum atomic E-state index is 12.5. The van der Waals surface area contributed by atoms with Gasteiger partial charge >= 0.3 is 0 Å². The van der Waals surface area contributed by atoms with Crippen LogP contribution in [-0.4, -0.2) is 34.2 Å². The SMILES string of the molecule is Cc1nn(Cc2ccccc2)c(C)c1CNC(=O)CN(C)Cc1ccc(C(C)C)cc1. The van der Waals surface area contributed by atoms with Crippen LogP contribution in [0.4, 0.5) is 0 Å². The number of hydrogen-bond donors (Lipinski definition) is 1. The molecule has 31 heavy (non-hydrogen) atoms. The number of hydrogen-bond acceptors (Lipinski definition) is 3. The second-order valence-corrected chi connectivity index (χ2v) is 8.64. The maximum absolute atomic E-state index is 12.5. The molecule has 3 rings (SSSR count). The fourth-order valence-corrected chi connectivity index (χ4v) is 3.76. The Kier molecular flexibility index (Phi) is 7.64. The largest absolute Gasteiger partial charge is 0.351 e. The van der Waals surface area contributed by atoms with Crippen LogP contribution in [0.15, 0.2) is 54.6 Å². The van der Waals surface area contributed by atoms with E-state index in [1.165, 1.54) is 16.7 Å². The Morgan fingerprint density at radius 3 is 2.35 bits per heavy atom. The van der Waals surface area contributed by atoms with Crippen LogP contribution in [0, 0.1) is 13.8 Å². The summed E-state index contributed by atoms with van der Waals surface area (Å²) in [4.78, 5) is 14.5. The zero-order chi connectivity index (χ0) is 22.4. The van der Waals surface area contributed by atoms with Gasteiger partial charge in [0.1, 0.15) is 0 Å². The Bertz CT molecular complexity index is 990. The van der Waals surface area contributed by atoms with Gasteiger partial charge in [0.15, 0.2) is 0 Å². The molecule has 1 amide bonds. The lowest BCUT2D eigenvalue weighted by Gasteiger charge is -2.17. The molecule has 0 atom stereocenters. The van der Waals surface area contributed by atoms with Crippen LogP contribution >= 0.6 is 0 Å². The Labute approximate surface area is 186 Å². The number of rotatable bonds is 9. The number of carbonyl (C=O) groups excluding carboxylic acids is 1. The molecule has 0 unspecified atom stereocenters. The van der Waals surface area contributed by atoms with Gasteiger partial charge in [-0.15, -0.1) is 0 Å². The Balaban J connectivity index is 1.52. The van der Waals surface area contributed by atoms with Crippen molar-refractivity contribution in [1.29, 1.82) is 0 Å². The minimum atomic E-state index is 0.0240. The summed E-state index contributed by atoms with van der Waals surface area (Å²) >= 11 is 0. The molecular formula is C26H34N4O. The van der Waals surface area contributed by atoms with Crippen molar-refractivity contribution in [3.05, 3.63) is 88.2 Å². The zero-order valence-corrected chi connectivity index (χ0v) is 19.4. The molecule has 0 aliphatic heterocycles. The second-order valence-electron chi connectivity index (χ2n) is 8.64. The minimum Gasteiger partial charge on any atom is -0.351 e. The molecule has 0 aliphatic rings. The first-order valence-corrected chi connectivity index (χ1v) is 10.9. The summed E-state index contributed by atoms with van der Waals surface area (Å²) in [6.45, 7) is 10.8. The molecule has 1 aromatic heterocycles. The topological polar surface area (TPSA) is 50.2 Å². The van der Waals surface area contributed by atoms with E-state index in [1.54, 1.807) is 0 Å². The Hall–Kier alpha value is -2.92. The predicted octanol–water partition coefficient (Wildman–Crippen LogP) is 4.42. The molecule has 0 radical (unpaired) electrons.